The highest BCUT2D eigenvalue weighted by Gasteiger charge is 2.19. The monoisotopic (exact) mass is 374 g/mol. The lowest BCUT2D eigenvalue weighted by Crippen LogP contribution is -2.16. The van der Waals surface area contributed by atoms with E-state index in [4.69, 9.17) is 5.73 Å². The number of aliphatic hydroxyl groups is 1. The molecule has 2 aromatic heterocycles. The molecular weight excluding hydrogens is 348 g/mol. The Morgan fingerprint density at radius 3 is 2.63 bits per heavy atom. The second kappa shape index (κ2) is 8.65. The largest absolute Gasteiger partial charge is 0.381 e. The molecule has 0 spiro atoms. The molecule has 2 heterocycles. The maximum Gasteiger partial charge on any atom is 0.273 e. The summed E-state index contributed by atoms with van der Waals surface area (Å²) in [7, 11) is 3.45. The van der Waals surface area contributed by atoms with Crippen LogP contribution in [0.1, 0.15) is 42.7 Å². The number of nitrogens with one attached hydrogen (secondary N) is 2. The van der Waals surface area contributed by atoms with Crippen LogP contribution in [-0.2, 0) is 18.9 Å². The fraction of sp³-hybridized carbons (Fsp3) is 0.389. The number of hydrogen-bond acceptors (Lipinski definition) is 5. The summed E-state index contributed by atoms with van der Waals surface area (Å²) in [5.74, 6) is 0.175. The van der Waals surface area contributed by atoms with Crippen molar-refractivity contribution in [2.45, 2.75) is 26.4 Å². The first-order valence-corrected chi connectivity index (χ1v) is 8.58. The van der Waals surface area contributed by atoms with E-state index in [1.54, 1.807) is 41.7 Å². The fourth-order valence-corrected chi connectivity index (χ4v) is 2.55. The number of carbonyl (C=O) groups is 2. The predicted octanol–water partition coefficient (Wildman–Crippen LogP) is 1.30. The van der Waals surface area contributed by atoms with Crippen LogP contribution in [0.15, 0.2) is 30.1 Å². The van der Waals surface area contributed by atoms with Crippen molar-refractivity contribution < 1.29 is 14.7 Å². The average molecular weight is 374 g/mol. The fourth-order valence-electron chi connectivity index (χ4n) is 2.55. The van der Waals surface area contributed by atoms with Crippen LogP contribution in [0.3, 0.4) is 0 Å². The summed E-state index contributed by atoms with van der Waals surface area (Å²) < 4.78 is 3.27. The average Bonchev–Trinajstić information content (AvgIpc) is 3.15. The van der Waals surface area contributed by atoms with Gasteiger partial charge in [-0.15, -0.1) is 0 Å². The van der Waals surface area contributed by atoms with Crippen molar-refractivity contribution in [2.24, 2.45) is 19.8 Å². The highest BCUT2D eigenvalue weighted by atomic mass is 16.3. The first kappa shape index (κ1) is 20.4. The predicted molar refractivity (Wildman–Crippen MR) is 103 cm³/mol. The van der Waals surface area contributed by atoms with Crippen LogP contribution in [0, 0.1) is 0 Å². The lowest BCUT2D eigenvalue weighted by molar-refractivity contribution is -0.116. The molecule has 9 nitrogen and oxygen atoms in total. The molecule has 0 saturated carbocycles. The lowest BCUT2D eigenvalue weighted by atomic mass is 10.1. The van der Waals surface area contributed by atoms with Crippen LogP contribution in [0.2, 0.25) is 0 Å². The standard InChI is InChI=1S/C18H26N6O3/c1-5-11(2)16(26)17-21-14(10-24(17)4)22-18(27)13-8-12(9-23(13)3)20-15(25)6-7-19/h5,8-10,16,26H,6-7,19H2,1-4H3,(H,20,25)(H,22,27). The number of nitrogens with two attached hydrogens (primary N) is 1. The topological polar surface area (TPSA) is 127 Å². The molecule has 27 heavy (non-hydrogen) atoms. The number of imidazole rings is 1. The Morgan fingerprint density at radius 2 is 2.00 bits per heavy atom. The number of aliphatic hydroxyl groups excluding tert-OH is 1. The van der Waals surface area contributed by atoms with Crippen LogP contribution in [-0.4, -0.2) is 37.6 Å². The SMILES string of the molecule is CC=C(C)C(O)c1nc(NC(=O)c2cc(NC(=O)CCN)cn2C)cn1C. The number of allylic oxidation sites excluding steroid dienone is 1. The molecule has 0 aliphatic heterocycles. The Labute approximate surface area is 157 Å². The van der Waals surface area contributed by atoms with Crippen molar-refractivity contribution in [2.75, 3.05) is 17.2 Å². The van der Waals surface area contributed by atoms with Gasteiger partial charge in [-0.25, -0.2) is 4.98 Å². The number of nitrogens with zero attached hydrogens (tertiary/aromatic N) is 3. The van der Waals surface area contributed by atoms with E-state index in [-0.39, 0.29) is 24.8 Å². The van der Waals surface area contributed by atoms with Gasteiger partial charge in [0, 0.05) is 39.5 Å². The van der Waals surface area contributed by atoms with E-state index in [2.05, 4.69) is 15.6 Å². The van der Waals surface area contributed by atoms with E-state index in [0.29, 0.717) is 23.0 Å². The Hall–Kier alpha value is -2.91. The minimum Gasteiger partial charge on any atom is -0.381 e. The molecule has 0 aliphatic carbocycles. The number of aryl methyl sites for hydroxylation is 2. The van der Waals surface area contributed by atoms with E-state index >= 15 is 0 Å². The van der Waals surface area contributed by atoms with E-state index in [0.717, 1.165) is 5.57 Å². The molecule has 2 aromatic rings. The van der Waals surface area contributed by atoms with Crippen LogP contribution < -0.4 is 16.4 Å². The Balaban J connectivity index is 2.14. The zero-order valence-corrected chi connectivity index (χ0v) is 16.0. The van der Waals surface area contributed by atoms with Gasteiger partial charge in [-0.05, 0) is 25.5 Å². The minimum absolute atomic E-state index is 0.209. The molecule has 5 N–H and O–H groups in total. The molecule has 0 bridgehead atoms. The highest BCUT2D eigenvalue weighted by Crippen LogP contribution is 2.22. The molecule has 1 atom stereocenters. The van der Waals surface area contributed by atoms with Crippen molar-refractivity contribution in [1.82, 2.24) is 14.1 Å². The third kappa shape index (κ3) is 4.83. The summed E-state index contributed by atoms with van der Waals surface area (Å²) in [6.45, 7) is 3.90. The second-order valence-corrected chi connectivity index (χ2v) is 6.30. The number of anilines is 2. The quantitative estimate of drug-likeness (QED) is 0.543. The normalized spacial score (nSPS) is 12.7. The van der Waals surface area contributed by atoms with Crippen molar-refractivity contribution in [1.29, 1.82) is 0 Å². The smallest absolute Gasteiger partial charge is 0.273 e. The Bertz CT molecular complexity index is 865. The van der Waals surface area contributed by atoms with Gasteiger partial charge in [0.05, 0.1) is 5.69 Å². The zero-order valence-electron chi connectivity index (χ0n) is 16.0. The summed E-state index contributed by atoms with van der Waals surface area (Å²) in [5.41, 5.74) is 6.99. The molecule has 1 unspecified atom stereocenters. The first-order valence-electron chi connectivity index (χ1n) is 8.58. The zero-order chi connectivity index (χ0) is 20.1. The highest BCUT2D eigenvalue weighted by molar-refractivity contribution is 6.04. The first-order chi connectivity index (χ1) is 12.8. The summed E-state index contributed by atoms with van der Waals surface area (Å²) in [6.07, 6.45) is 4.45. The van der Waals surface area contributed by atoms with Gasteiger partial charge in [0.15, 0.2) is 5.82 Å². The molecule has 2 amide bonds. The van der Waals surface area contributed by atoms with E-state index < -0.39 is 6.10 Å². The second-order valence-electron chi connectivity index (χ2n) is 6.30. The maximum atomic E-state index is 12.6. The molecule has 0 aliphatic rings. The van der Waals surface area contributed by atoms with Gasteiger partial charge in [-0.2, -0.15) is 0 Å². The Morgan fingerprint density at radius 1 is 1.30 bits per heavy atom. The van der Waals surface area contributed by atoms with Gasteiger partial charge >= 0.3 is 0 Å². The molecule has 0 radical (unpaired) electrons. The van der Waals surface area contributed by atoms with E-state index in [1.165, 1.54) is 0 Å². The van der Waals surface area contributed by atoms with Crippen molar-refractivity contribution >= 4 is 23.3 Å². The number of rotatable bonds is 7. The van der Waals surface area contributed by atoms with Crippen molar-refractivity contribution in [3.63, 3.8) is 0 Å². The molecule has 146 valence electrons. The Kier molecular flexibility index (Phi) is 6.54. The van der Waals surface area contributed by atoms with Gasteiger partial charge in [0.25, 0.3) is 5.91 Å². The van der Waals surface area contributed by atoms with Crippen LogP contribution in [0.5, 0.6) is 0 Å². The maximum absolute atomic E-state index is 12.6. The molecular formula is C18H26N6O3. The summed E-state index contributed by atoms with van der Waals surface area (Å²) >= 11 is 0. The molecule has 2 rings (SSSR count). The summed E-state index contributed by atoms with van der Waals surface area (Å²) in [6, 6.07) is 1.58. The molecule has 0 aromatic carbocycles. The van der Waals surface area contributed by atoms with Gasteiger partial charge < -0.3 is 30.6 Å². The van der Waals surface area contributed by atoms with Crippen LogP contribution in [0.25, 0.3) is 0 Å². The third-order valence-corrected chi connectivity index (χ3v) is 4.18. The molecule has 0 saturated heterocycles. The van der Waals surface area contributed by atoms with Gasteiger partial charge in [0.2, 0.25) is 5.91 Å². The number of amides is 2. The van der Waals surface area contributed by atoms with Crippen molar-refractivity contribution in [3.05, 3.63) is 41.6 Å². The van der Waals surface area contributed by atoms with Crippen molar-refractivity contribution in [3.8, 4) is 0 Å². The number of hydrogen-bond donors (Lipinski definition) is 4. The summed E-state index contributed by atoms with van der Waals surface area (Å²) in [5, 5.41) is 15.7. The lowest BCUT2D eigenvalue weighted by Gasteiger charge is -2.10. The van der Waals surface area contributed by atoms with Crippen LogP contribution >= 0.6 is 0 Å². The van der Waals surface area contributed by atoms with E-state index in [9.17, 15) is 14.7 Å². The van der Waals surface area contributed by atoms with Gasteiger partial charge in [-0.3, -0.25) is 9.59 Å². The third-order valence-electron chi connectivity index (χ3n) is 4.18. The van der Waals surface area contributed by atoms with Crippen LogP contribution in [0.4, 0.5) is 11.5 Å². The van der Waals surface area contributed by atoms with Gasteiger partial charge in [-0.1, -0.05) is 6.08 Å². The number of aromatic nitrogens is 3. The molecule has 0 fully saturated rings. The minimum atomic E-state index is -0.843. The number of carbonyl (C=O) groups excluding carboxylic acids is 2. The summed E-state index contributed by atoms with van der Waals surface area (Å²) in [4.78, 5) is 28.5. The molecule has 9 heteroatoms. The van der Waals surface area contributed by atoms with Gasteiger partial charge in [0.1, 0.15) is 17.6 Å². The van der Waals surface area contributed by atoms with E-state index in [1.807, 2.05) is 19.9 Å².